The molecule has 0 aromatic carbocycles. The second-order valence-corrected chi connectivity index (χ2v) is 10.6. The first-order valence-corrected chi connectivity index (χ1v) is 8.69. The van der Waals surface area contributed by atoms with Crippen molar-refractivity contribution in [3.8, 4) is 0 Å². The van der Waals surface area contributed by atoms with Crippen LogP contribution in [-0.4, -0.2) is 22.0 Å². The standard InChI is InChI=1S/C13H22S/c1-2-4-13-6-5-12(10-13)7-9-14(13,11-12)8-3-1/h1-11H2. The number of rotatable bonds is 0. The molecule has 0 amide bonds. The molecule has 3 heterocycles. The summed E-state index contributed by atoms with van der Waals surface area (Å²) in [4.78, 5) is 0. The summed E-state index contributed by atoms with van der Waals surface area (Å²) >= 11 is 0. The predicted octanol–water partition coefficient (Wildman–Crippen LogP) is 3.69. The first kappa shape index (κ1) is 8.50. The summed E-state index contributed by atoms with van der Waals surface area (Å²) in [6.45, 7) is 0. The minimum Gasteiger partial charge on any atom is -0.235 e. The molecule has 0 aromatic rings. The van der Waals surface area contributed by atoms with Gasteiger partial charge in [0.25, 0.3) is 0 Å². The Labute approximate surface area is 89.2 Å². The zero-order valence-corrected chi connectivity index (χ0v) is 10.0. The van der Waals surface area contributed by atoms with Gasteiger partial charge in [-0.05, 0) is 61.2 Å². The molecule has 14 heavy (non-hydrogen) atoms. The van der Waals surface area contributed by atoms with Crippen LogP contribution in [0.3, 0.4) is 0 Å². The van der Waals surface area contributed by atoms with E-state index in [-0.39, 0.29) is 10.0 Å². The van der Waals surface area contributed by atoms with E-state index >= 15 is 0 Å². The van der Waals surface area contributed by atoms with Gasteiger partial charge in [0.15, 0.2) is 0 Å². The summed E-state index contributed by atoms with van der Waals surface area (Å²) in [5.74, 6) is 5.13. The van der Waals surface area contributed by atoms with Crippen molar-refractivity contribution >= 4 is 10.0 Å². The van der Waals surface area contributed by atoms with E-state index in [0.717, 1.165) is 10.2 Å². The van der Waals surface area contributed by atoms with Gasteiger partial charge in [-0.2, -0.15) is 0 Å². The molecule has 0 radical (unpaired) electrons. The normalized spacial score (nSPS) is 64.6. The highest BCUT2D eigenvalue weighted by molar-refractivity contribution is 8.35. The van der Waals surface area contributed by atoms with Crippen molar-refractivity contribution in [2.45, 2.75) is 56.1 Å². The van der Waals surface area contributed by atoms with Crippen LogP contribution in [0, 0.1) is 5.41 Å². The first-order valence-electron chi connectivity index (χ1n) is 6.55. The average Bonchev–Trinajstić information content (AvgIpc) is 2.72. The molecule has 4 aliphatic rings. The maximum atomic E-state index is 1.74. The SMILES string of the molecule is C1CCC23CCC4(CCS2(CC1)C4)C3. The lowest BCUT2D eigenvalue weighted by molar-refractivity contribution is 0.342. The van der Waals surface area contributed by atoms with Crippen molar-refractivity contribution < 1.29 is 0 Å². The zero-order valence-electron chi connectivity index (χ0n) is 9.19. The van der Waals surface area contributed by atoms with Crippen LogP contribution in [0.25, 0.3) is 0 Å². The zero-order chi connectivity index (χ0) is 9.28. The fourth-order valence-corrected chi connectivity index (χ4v) is 11.9. The third kappa shape index (κ3) is 0.774. The van der Waals surface area contributed by atoms with Crippen molar-refractivity contribution in [3.63, 3.8) is 0 Å². The van der Waals surface area contributed by atoms with Gasteiger partial charge in [0.2, 0.25) is 0 Å². The Kier molecular flexibility index (Phi) is 1.43. The van der Waals surface area contributed by atoms with Crippen LogP contribution in [0.5, 0.6) is 0 Å². The Bertz CT molecular complexity index is 257. The van der Waals surface area contributed by atoms with Crippen LogP contribution in [0.2, 0.25) is 0 Å². The molecule has 3 atom stereocenters. The van der Waals surface area contributed by atoms with Crippen molar-refractivity contribution in [1.82, 2.24) is 0 Å². The first-order chi connectivity index (χ1) is 6.79. The molecule has 3 spiro atoms. The van der Waals surface area contributed by atoms with Crippen LogP contribution >= 0.6 is 10.0 Å². The smallest absolute Gasteiger partial charge is 0.000862 e. The van der Waals surface area contributed by atoms with Gasteiger partial charge in [0, 0.05) is 4.75 Å². The average molecular weight is 210 g/mol. The van der Waals surface area contributed by atoms with E-state index in [1.54, 1.807) is 68.6 Å². The summed E-state index contributed by atoms with van der Waals surface area (Å²) in [5, 5.41) is 0. The van der Waals surface area contributed by atoms with Crippen LogP contribution in [0.4, 0.5) is 0 Å². The minimum absolute atomic E-state index is 0.0747. The highest BCUT2D eigenvalue weighted by Crippen LogP contribution is 2.84. The van der Waals surface area contributed by atoms with Crippen molar-refractivity contribution in [1.29, 1.82) is 0 Å². The van der Waals surface area contributed by atoms with E-state index in [4.69, 9.17) is 0 Å². The third-order valence-electron chi connectivity index (χ3n) is 6.00. The van der Waals surface area contributed by atoms with Crippen LogP contribution < -0.4 is 0 Å². The third-order valence-corrected chi connectivity index (χ3v) is 11.6. The van der Waals surface area contributed by atoms with Crippen LogP contribution in [0.1, 0.15) is 51.4 Å². The van der Waals surface area contributed by atoms with E-state index in [1.165, 1.54) is 0 Å². The lowest BCUT2D eigenvalue weighted by atomic mass is 9.84. The number of hydrogen-bond acceptors (Lipinski definition) is 0. The summed E-state index contributed by atoms with van der Waals surface area (Å²) in [6, 6.07) is 0. The van der Waals surface area contributed by atoms with E-state index in [1.807, 2.05) is 0 Å². The van der Waals surface area contributed by atoms with Gasteiger partial charge < -0.3 is 0 Å². The van der Waals surface area contributed by atoms with Gasteiger partial charge in [-0.25, -0.2) is 10.0 Å². The van der Waals surface area contributed by atoms with Crippen molar-refractivity contribution in [2.75, 3.05) is 17.3 Å². The second kappa shape index (κ2) is 2.36. The summed E-state index contributed by atoms with van der Waals surface area (Å²) in [7, 11) is -0.0747. The molecular formula is C13H22S. The van der Waals surface area contributed by atoms with E-state index in [9.17, 15) is 0 Å². The largest absolute Gasteiger partial charge is 0.235 e. The fraction of sp³-hybridized carbons (Fsp3) is 1.00. The Morgan fingerprint density at radius 3 is 2.79 bits per heavy atom. The predicted molar refractivity (Wildman–Crippen MR) is 64.3 cm³/mol. The second-order valence-electron chi connectivity index (χ2n) is 6.52. The lowest BCUT2D eigenvalue weighted by Gasteiger charge is -2.50. The fourth-order valence-electron chi connectivity index (χ4n) is 5.39. The van der Waals surface area contributed by atoms with Crippen molar-refractivity contribution in [3.05, 3.63) is 0 Å². The summed E-state index contributed by atoms with van der Waals surface area (Å²) < 4.78 is 0.960. The monoisotopic (exact) mass is 210 g/mol. The molecule has 80 valence electrons. The molecule has 0 nitrogen and oxygen atoms in total. The highest BCUT2D eigenvalue weighted by atomic mass is 32.3. The van der Waals surface area contributed by atoms with E-state index in [2.05, 4.69) is 0 Å². The summed E-state index contributed by atoms with van der Waals surface area (Å²) in [5.41, 5.74) is 0.923. The molecule has 3 bridgehead atoms. The van der Waals surface area contributed by atoms with Gasteiger partial charge in [0.05, 0.1) is 0 Å². The Morgan fingerprint density at radius 1 is 0.786 bits per heavy atom. The molecule has 1 aliphatic carbocycles. The topological polar surface area (TPSA) is 0 Å². The van der Waals surface area contributed by atoms with Crippen molar-refractivity contribution in [2.24, 2.45) is 5.41 Å². The Hall–Kier alpha value is 0.350. The summed E-state index contributed by atoms with van der Waals surface area (Å²) in [6.07, 6.45) is 13.0. The highest BCUT2D eigenvalue weighted by Gasteiger charge is 2.67. The Balaban J connectivity index is 1.83. The molecular weight excluding hydrogens is 188 g/mol. The maximum Gasteiger partial charge on any atom is 0.000862 e. The lowest BCUT2D eigenvalue weighted by Crippen LogP contribution is -2.33. The minimum atomic E-state index is -0.0747. The molecule has 3 saturated heterocycles. The van der Waals surface area contributed by atoms with Gasteiger partial charge in [-0.15, -0.1) is 0 Å². The molecule has 0 aromatic heterocycles. The molecule has 0 N–H and O–H groups in total. The Morgan fingerprint density at radius 2 is 1.79 bits per heavy atom. The molecule has 4 fully saturated rings. The quantitative estimate of drug-likeness (QED) is 0.572. The molecule has 1 heteroatoms. The van der Waals surface area contributed by atoms with Gasteiger partial charge in [-0.1, -0.05) is 12.8 Å². The molecule has 4 rings (SSSR count). The van der Waals surface area contributed by atoms with Gasteiger partial charge in [-0.3, -0.25) is 0 Å². The van der Waals surface area contributed by atoms with E-state index < -0.39 is 0 Å². The van der Waals surface area contributed by atoms with E-state index in [0.29, 0.717) is 0 Å². The van der Waals surface area contributed by atoms with Crippen LogP contribution in [-0.2, 0) is 0 Å². The van der Waals surface area contributed by atoms with Gasteiger partial charge >= 0.3 is 0 Å². The van der Waals surface area contributed by atoms with Gasteiger partial charge in [0.1, 0.15) is 0 Å². The number of hydrogen-bond donors (Lipinski definition) is 0. The molecule has 1 saturated carbocycles. The molecule has 3 aliphatic heterocycles. The maximum absolute atomic E-state index is 1.74. The molecule has 3 unspecified atom stereocenters. The van der Waals surface area contributed by atoms with Crippen LogP contribution in [0.15, 0.2) is 0 Å².